The summed E-state index contributed by atoms with van der Waals surface area (Å²) in [4.78, 5) is 9.08. The van der Waals surface area contributed by atoms with Gasteiger partial charge in [-0.15, -0.1) is 0 Å². The van der Waals surface area contributed by atoms with Crippen LogP contribution in [0.3, 0.4) is 0 Å². The summed E-state index contributed by atoms with van der Waals surface area (Å²) < 4.78 is 24.4. The Balaban J connectivity index is 1.60. The van der Waals surface area contributed by atoms with E-state index in [4.69, 9.17) is 15.6 Å². The predicted octanol–water partition coefficient (Wildman–Crippen LogP) is 4.15. The van der Waals surface area contributed by atoms with Crippen LogP contribution in [-0.2, 0) is 13.1 Å². The number of nitrogens with two attached hydrogens (primary N) is 1. The van der Waals surface area contributed by atoms with E-state index >= 15 is 0 Å². The van der Waals surface area contributed by atoms with Gasteiger partial charge in [0.05, 0.1) is 18.4 Å². The van der Waals surface area contributed by atoms with Crippen LogP contribution in [-0.4, -0.2) is 29.5 Å². The molecule has 1 fully saturated rings. The number of ether oxygens (including phenoxy) is 1. The third kappa shape index (κ3) is 3.53. The van der Waals surface area contributed by atoms with Gasteiger partial charge in [-0.1, -0.05) is 0 Å². The van der Waals surface area contributed by atoms with E-state index in [2.05, 4.69) is 15.1 Å². The first-order chi connectivity index (χ1) is 16.0. The van der Waals surface area contributed by atoms with Crippen molar-refractivity contribution in [2.75, 3.05) is 5.73 Å². The monoisotopic (exact) mass is 445 g/mol. The summed E-state index contributed by atoms with van der Waals surface area (Å²) in [7, 11) is 0. The summed E-state index contributed by atoms with van der Waals surface area (Å²) in [5, 5.41) is 9.35. The number of nitrogens with zero attached hydrogens (tertiary/aromatic N) is 6. The molecule has 1 aliphatic heterocycles. The van der Waals surface area contributed by atoms with E-state index in [-0.39, 0.29) is 11.6 Å². The lowest BCUT2D eigenvalue weighted by atomic mass is 10.0. The first-order valence-electron chi connectivity index (χ1n) is 11.1. The normalized spacial score (nSPS) is 17.2. The van der Waals surface area contributed by atoms with Crippen molar-refractivity contribution < 1.29 is 9.13 Å². The number of aryl methyl sites for hydroxylation is 1. The van der Waals surface area contributed by atoms with Crippen LogP contribution >= 0.6 is 0 Å². The van der Waals surface area contributed by atoms with Gasteiger partial charge < -0.3 is 10.5 Å². The Kier molecular flexibility index (Phi) is 4.46. The molecule has 9 heteroatoms. The third-order valence-corrected chi connectivity index (χ3v) is 6.29. The average Bonchev–Trinajstić information content (AvgIpc) is 3.41. The Labute approximate surface area is 190 Å². The molecule has 2 aliphatic rings. The molecule has 1 saturated carbocycles. The first-order valence-corrected chi connectivity index (χ1v) is 11.1. The Morgan fingerprint density at radius 2 is 2.06 bits per heavy atom. The first kappa shape index (κ1) is 19.9. The van der Waals surface area contributed by atoms with E-state index in [9.17, 15) is 4.39 Å². The SMILES string of the molecule is Cc1nc2n(n1)Cc1cnn(CC3CC3)c1-c1cnc(N)c(c1)OC(C)c1cc(F)ccc1-2. The second-order valence-corrected chi connectivity index (χ2v) is 8.88. The van der Waals surface area contributed by atoms with Crippen LogP contribution < -0.4 is 10.5 Å². The standard InChI is InChI=1S/C24H24FN7O/c1-13-20-8-18(25)5-6-19(20)24-29-14(2)30-32(24)12-17-10-28-31(11-15-3-4-15)22(17)16-7-21(33-13)23(26)27-9-16/h5-10,13,15H,3-4,11-12H2,1-2H3,(H2,26,27). The minimum atomic E-state index is -0.490. The minimum Gasteiger partial charge on any atom is -0.482 e. The topological polar surface area (TPSA) is 96.7 Å². The van der Waals surface area contributed by atoms with E-state index < -0.39 is 6.10 Å². The zero-order valence-corrected chi connectivity index (χ0v) is 18.5. The highest BCUT2D eigenvalue weighted by molar-refractivity contribution is 5.68. The fourth-order valence-corrected chi connectivity index (χ4v) is 4.49. The maximum absolute atomic E-state index is 14.3. The molecule has 0 amide bonds. The van der Waals surface area contributed by atoms with Gasteiger partial charge in [-0.3, -0.25) is 4.68 Å². The van der Waals surface area contributed by atoms with Crippen LogP contribution in [0.4, 0.5) is 10.2 Å². The van der Waals surface area contributed by atoms with Crippen LogP contribution in [0, 0.1) is 18.7 Å². The van der Waals surface area contributed by atoms with Crippen molar-refractivity contribution in [1.29, 1.82) is 0 Å². The maximum atomic E-state index is 14.3. The summed E-state index contributed by atoms with van der Waals surface area (Å²) >= 11 is 0. The van der Waals surface area contributed by atoms with E-state index in [1.165, 1.54) is 25.0 Å². The Hall–Kier alpha value is -3.75. The molecular formula is C24H24FN7O. The summed E-state index contributed by atoms with van der Waals surface area (Å²) in [6, 6.07) is 6.54. The van der Waals surface area contributed by atoms with Gasteiger partial charge in [-0.2, -0.15) is 10.2 Å². The molecule has 1 aromatic carbocycles. The minimum absolute atomic E-state index is 0.287. The maximum Gasteiger partial charge on any atom is 0.166 e. The number of rotatable bonds is 2. The number of nitrogen functional groups attached to an aromatic ring is 1. The quantitative estimate of drug-likeness (QED) is 0.498. The van der Waals surface area contributed by atoms with Crippen molar-refractivity contribution in [3.05, 3.63) is 59.4 Å². The van der Waals surface area contributed by atoms with Crippen LogP contribution in [0.25, 0.3) is 22.6 Å². The number of halogens is 1. The molecule has 0 saturated heterocycles. The van der Waals surface area contributed by atoms with Gasteiger partial charge in [0.2, 0.25) is 0 Å². The van der Waals surface area contributed by atoms with E-state index in [0.29, 0.717) is 35.4 Å². The van der Waals surface area contributed by atoms with Gasteiger partial charge in [-0.05, 0) is 56.9 Å². The van der Waals surface area contributed by atoms with Gasteiger partial charge in [0, 0.05) is 35.0 Å². The lowest BCUT2D eigenvalue weighted by Gasteiger charge is -2.21. The van der Waals surface area contributed by atoms with Gasteiger partial charge >= 0.3 is 0 Å². The van der Waals surface area contributed by atoms with Crippen LogP contribution in [0.15, 0.2) is 36.7 Å². The van der Waals surface area contributed by atoms with Crippen LogP contribution in [0.1, 0.15) is 42.8 Å². The fourth-order valence-electron chi connectivity index (χ4n) is 4.49. The molecule has 0 radical (unpaired) electrons. The van der Waals surface area contributed by atoms with Gasteiger partial charge in [0.15, 0.2) is 17.4 Å². The fraction of sp³-hybridized carbons (Fsp3) is 0.333. The zero-order chi connectivity index (χ0) is 22.7. The van der Waals surface area contributed by atoms with Crippen molar-refractivity contribution in [1.82, 2.24) is 29.5 Å². The van der Waals surface area contributed by atoms with Crippen molar-refractivity contribution >= 4 is 5.82 Å². The molecule has 2 bridgehead atoms. The highest BCUT2D eigenvalue weighted by Gasteiger charge is 2.27. The zero-order valence-electron chi connectivity index (χ0n) is 18.5. The lowest BCUT2D eigenvalue weighted by Crippen LogP contribution is -2.12. The van der Waals surface area contributed by atoms with Crippen molar-refractivity contribution in [2.24, 2.45) is 5.92 Å². The van der Waals surface area contributed by atoms with Crippen LogP contribution in [0.5, 0.6) is 5.75 Å². The number of hydrogen-bond acceptors (Lipinski definition) is 6. The Bertz CT molecular complexity index is 1370. The van der Waals surface area contributed by atoms with Crippen molar-refractivity contribution in [3.8, 4) is 28.4 Å². The van der Waals surface area contributed by atoms with Gasteiger partial charge in [-0.25, -0.2) is 19.0 Å². The second-order valence-electron chi connectivity index (χ2n) is 8.88. The number of fused-ring (bicyclic) bond motifs is 7. The largest absolute Gasteiger partial charge is 0.482 e. The number of aromatic nitrogens is 6. The molecule has 4 heterocycles. The highest BCUT2D eigenvalue weighted by Crippen LogP contribution is 2.38. The number of hydrogen-bond donors (Lipinski definition) is 1. The highest BCUT2D eigenvalue weighted by atomic mass is 19.1. The lowest BCUT2D eigenvalue weighted by molar-refractivity contribution is 0.227. The number of benzene rings is 1. The van der Waals surface area contributed by atoms with Gasteiger partial charge in [0.25, 0.3) is 0 Å². The molecule has 6 rings (SSSR count). The Morgan fingerprint density at radius 3 is 2.88 bits per heavy atom. The Morgan fingerprint density at radius 1 is 1.21 bits per heavy atom. The summed E-state index contributed by atoms with van der Waals surface area (Å²) in [6.45, 7) is 5.05. The molecule has 168 valence electrons. The van der Waals surface area contributed by atoms with Crippen molar-refractivity contribution in [2.45, 2.75) is 45.9 Å². The molecule has 1 aliphatic carbocycles. The summed E-state index contributed by atoms with van der Waals surface area (Å²) in [5.41, 5.74) is 10.4. The molecule has 2 N–H and O–H groups in total. The molecule has 4 aromatic rings. The molecule has 3 aromatic heterocycles. The summed E-state index contributed by atoms with van der Waals surface area (Å²) in [6.07, 6.45) is 5.59. The molecule has 1 atom stereocenters. The van der Waals surface area contributed by atoms with Gasteiger partial charge in [0.1, 0.15) is 17.7 Å². The van der Waals surface area contributed by atoms with E-state index in [1.54, 1.807) is 12.3 Å². The molecule has 8 nitrogen and oxygen atoms in total. The molecule has 1 unspecified atom stereocenters. The molecule has 0 spiro atoms. The van der Waals surface area contributed by atoms with Crippen LogP contribution in [0.2, 0.25) is 0 Å². The predicted molar refractivity (Wildman–Crippen MR) is 121 cm³/mol. The number of pyridine rings is 1. The molecule has 33 heavy (non-hydrogen) atoms. The number of anilines is 1. The van der Waals surface area contributed by atoms with E-state index in [1.807, 2.05) is 35.5 Å². The summed E-state index contributed by atoms with van der Waals surface area (Å²) in [5.74, 6) is 2.35. The molecular weight excluding hydrogens is 421 g/mol. The third-order valence-electron chi connectivity index (χ3n) is 6.29. The van der Waals surface area contributed by atoms with Crippen molar-refractivity contribution in [3.63, 3.8) is 0 Å². The average molecular weight is 446 g/mol. The second kappa shape index (κ2) is 7.40. The smallest absolute Gasteiger partial charge is 0.166 e. The van der Waals surface area contributed by atoms with E-state index in [0.717, 1.165) is 28.9 Å².